The van der Waals surface area contributed by atoms with Crippen molar-refractivity contribution in [3.8, 4) is 0 Å². The predicted octanol–water partition coefficient (Wildman–Crippen LogP) is 2.21. The van der Waals surface area contributed by atoms with Gasteiger partial charge < -0.3 is 4.74 Å². The van der Waals surface area contributed by atoms with Gasteiger partial charge in [0.2, 0.25) is 0 Å². The van der Waals surface area contributed by atoms with Crippen LogP contribution in [0, 0.1) is 5.92 Å². The smallest absolute Gasteiger partial charge is 0.293 e. The number of hydrogen-bond donors (Lipinski definition) is 0. The Labute approximate surface area is 78.3 Å². The average molecular weight is 178 g/mol. The van der Waals surface area contributed by atoms with Crippen LogP contribution in [0.5, 0.6) is 0 Å². The van der Waals surface area contributed by atoms with Crippen LogP contribution in [-0.4, -0.2) is 12.6 Å². The summed E-state index contributed by atoms with van der Waals surface area (Å²) >= 11 is 0. The van der Waals surface area contributed by atoms with Crippen LogP contribution in [0.4, 0.5) is 0 Å². The van der Waals surface area contributed by atoms with Gasteiger partial charge in [-0.25, -0.2) is 0 Å². The first-order chi connectivity index (χ1) is 6.31. The van der Waals surface area contributed by atoms with Crippen molar-refractivity contribution >= 4 is 6.47 Å². The van der Waals surface area contributed by atoms with Crippen molar-refractivity contribution in [2.75, 3.05) is 0 Å². The van der Waals surface area contributed by atoms with Gasteiger partial charge in [0, 0.05) is 6.42 Å². The van der Waals surface area contributed by atoms with Gasteiger partial charge in [0.05, 0.1) is 0 Å². The molecule has 0 saturated carbocycles. The minimum Gasteiger partial charge on any atom is -0.460 e. The Morgan fingerprint density at radius 2 is 2.38 bits per heavy atom. The Kier molecular flexibility index (Phi) is 2.21. The fourth-order valence-corrected chi connectivity index (χ4v) is 2.28. The number of hydrogen-bond acceptors (Lipinski definition) is 2. The molecule has 0 amide bonds. The SMILES string of the molecule is CC1CC2=C(C1)C(OC=O)CC=C2. The summed E-state index contributed by atoms with van der Waals surface area (Å²) in [7, 11) is 0. The molecule has 0 aromatic carbocycles. The van der Waals surface area contributed by atoms with E-state index in [4.69, 9.17) is 4.74 Å². The van der Waals surface area contributed by atoms with Gasteiger partial charge in [-0.2, -0.15) is 0 Å². The molecule has 2 rings (SSSR count). The normalized spacial score (nSPS) is 31.8. The zero-order valence-corrected chi connectivity index (χ0v) is 7.82. The molecule has 0 spiro atoms. The summed E-state index contributed by atoms with van der Waals surface area (Å²) in [4.78, 5) is 10.3. The van der Waals surface area contributed by atoms with Crippen molar-refractivity contribution in [2.45, 2.75) is 32.3 Å². The van der Waals surface area contributed by atoms with Crippen molar-refractivity contribution in [1.82, 2.24) is 0 Å². The first-order valence-corrected chi connectivity index (χ1v) is 4.79. The van der Waals surface area contributed by atoms with Crippen molar-refractivity contribution in [3.05, 3.63) is 23.3 Å². The van der Waals surface area contributed by atoms with E-state index in [0.29, 0.717) is 12.4 Å². The number of carbonyl (C=O) groups is 1. The molecule has 2 aliphatic rings. The van der Waals surface area contributed by atoms with E-state index in [1.165, 1.54) is 11.1 Å². The molecule has 70 valence electrons. The average Bonchev–Trinajstić information content (AvgIpc) is 2.47. The van der Waals surface area contributed by atoms with Gasteiger partial charge in [-0.1, -0.05) is 19.1 Å². The zero-order chi connectivity index (χ0) is 9.26. The molecule has 0 N–H and O–H groups in total. The van der Waals surface area contributed by atoms with E-state index < -0.39 is 0 Å². The van der Waals surface area contributed by atoms with Crippen LogP contribution in [0.15, 0.2) is 23.3 Å². The molecule has 0 aromatic rings. The minimum absolute atomic E-state index is 0.0300. The highest BCUT2D eigenvalue weighted by Crippen LogP contribution is 2.38. The van der Waals surface area contributed by atoms with E-state index in [1.807, 2.05) is 0 Å². The summed E-state index contributed by atoms with van der Waals surface area (Å²) in [6, 6.07) is 0. The lowest BCUT2D eigenvalue weighted by Gasteiger charge is -2.19. The predicted molar refractivity (Wildman–Crippen MR) is 50.1 cm³/mol. The summed E-state index contributed by atoms with van der Waals surface area (Å²) in [5.41, 5.74) is 2.74. The first kappa shape index (κ1) is 8.54. The van der Waals surface area contributed by atoms with E-state index in [2.05, 4.69) is 19.1 Å². The monoisotopic (exact) mass is 178 g/mol. The maximum absolute atomic E-state index is 10.3. The summed E-state index contributed by atoms with van der Waals surface area (Å²) in [6.07, 6.45) is 7.41. The third kappa shape index (κ3) is 1.53. The highest BCUT2D eigenvalue weighted by molar-refractivity contribution is 5.43. The summed E-state index contributed by atoms with van der Waals surface area (Å²) < 4.78 is 5.06. The van der Waals surface area contributed by atoms with Gasteiger partial charge in [-0.05, 0) is 29.9 Å². The van der Waals surface area contributed by atoms with E-state index in [9.17, 15) is 4.79 Å². The molecule has 0 bridgehead atoms. The summed E-state index contributed by atoms with van der Waals surface area (Å²) in [5.74, 6) is 0.713. The Morgan fingerprint density at radius 1 is 1.54 bits per heavy atom. The summed E-state index contributed by atoms with van der Waals surface area (Å²) in [5, 5.41) is 0. The lowest BCUT2D eigenvalue weighted by molar-refractivity contribution is -0.132. The number of ether oxygens (including phenoxy) is 1. The van der Waals surface area contributed by atoms with Crippen LogP contribution in [-0.2, 0) is 9.53 Å². The second-order valence-corrected chi connectivity index (χ2v) is 3.92. The van der Waals surface area contributed by atoms with Gasteiger partial charge in [-0.3, -0.25) is 4.79 Å². The molecule has 2 atom stereocenters. The molecule has 0 heterocycles. The van der Waals surface area contributed by atoms with Gasteiger partial charge >= 0.3 is 0 Å². The van der Waals surface area contributed by atoms with Crippen molar-refractivity contribution in [3.63, 3.8) is 0 Å². The second kappa shape index (κ2) is 3.36. The molecule has 0 aliphatic heterocycles. The molecule has 0 aromatic heterocycles. The van der Waals surface area contributed by atoms with Gasteiger partial charge in [-0.15, -0.1) is 0 Å². The standard InChI is InChI=1S/C11H14O2/c1-8-5-9-3-2-4-11(13-7-12)10(9)6-8/h2-3,7-8,11H,4-6H2,1H3. The van der Waals surface area contributed by atoms with Crippen molar-refractivity contribution < 1.29 is 9.53 Å². The van der Waals surface area contributed by atoms with Crippen molar-refractivity contribution in [1.29, 1.82) is 0 Å². The third-order valence-corrected chi connectivity index (χ3v) is 2.83. The lowest BCUT2D eigenvalue weighted by Crippen LogP contribution is -2.16. The first-order valence-electron chi connectivity index (χ1n) is 4.79. The molecule has 2 heteroatoms. The second-order valence-electron chi connectivity index (χ2n) is 3.92. The van der Waals surface area contributed by atoms with Crippen LogP contribution in [0.3, 0.4) is 0 Å². The third-order valence-electron chi connectivity index (χ3n) is 2.83. The fourth-order valence-electron chi connectivity index (χ4n) is 2.28. The number of allylic oxidation sites excluding steroid dienone is 2. The van der Waals surface area contributed by atoms with Crippen molar-refractivity contribution in [2.24, 2.45) is 5.92 Å². The zero-order valence-electron chi connectivity index (χ0n) is 7.82. The maximum atomic E-state index is 10.3. The number of carbonyl (C=O) groups excluding carboxylic acids is 1. The highest BCUT2D eigenvalue weighted by Gasteiger charge is 2.28. The van der Waals surface area contributed by atoms with Crippen LogP contribution in [0.25, 0.3) is 0 Å². The largest absolute Gasteiger partial charge is 0.460 e. The van der Waals surface area contributed by atoms with E-state index >= 15 is 0 Å². The molecule has 2 aliphatic carbocycles. The molecular weight excluding hydrogens is 164 g/mol. The minimum atomic E-state index is 0.0300. The Morgan fingerprint density at radius 3 is 3.15 bits per heavy atom. The molecule has 2 nitrogen and oxygen atoms in total. The fraction of sp³-hybridized carbons (Fsp3) is 0.545. The molecular formula is C11H14O2. The Bertz CT molecular complexity index is 274. The van der Waals surface area contributed by atoms with Gasteiger partial charge in [0.1, 0.15) is 6.10 Å². The summed E-state index contributed by atoms with van der Waals surface area (Å²) in [6.45, 7) is 2.81. The molecule has 0 saturated heterocycles. The molecule has 2 unspecified atom stereocenters. The van der Waals surface area contributed by atoms with Gasteiger partial charge in [0.15, 0.2) is 0 Å². The molecule has 0 radical (unpaired) electrons. The highest BCUT2D eigenvalue weighted by atomic mass is 16.5. The van der Waals surface area contributed by atoms with Crippen LogP contribution < -0.4 is 0 Å². The van der Waals surface area contributed by atoms with E-state index in [0.717, 1.165) is 19.3 Å². The van der Waals surface area contributed by atoms with Gasteiger partial charge in [0.25, 0.3) is 6.47 Å². The van der Waals surface area contributed by atoms with E-state index in [-0.39, 0.29) is 6.10 Å². The Balaban J connectivity index is 2.17. The molecule has 13 heavy (non-hydrogen) atoms. The quantitative estimate of drug-likeness (QED) is 0.606. The van der Waals surface area contributed by atoms with Crippen LogP contribution in [0.2, 0.25) is 0 Å². The lowest BCUT2D eigenvalue weighted by atomic mass is 9.97. The number of rotatable bonds is 2. The van der Waals surface area contributed by atoms with Crippen LogP contribution >= 0.6 is 0 Å². The van der Waals surface area contributed by atoms with Crippen LogP contribution in [0.1, 0.15) is 26.2 Å². The maximum Gasteiger partial charge on any atom is 0.293 e. The van der Waals surface area contributed by atoms with E-state index in [1.54, 1.807) is 0 Å². The molecule has 0 fully saturated rings. The topological polar surface area (TPSA) is 26.3 Å². The Hall–Kier alpha value is -1.05.